The largest absolute Gasteiger partial charge is 0.361 e. The van der Waals surface area contributed by atoms with E-state index in [9.17, 15) is 14.0 Å². The molecule has 2 aromatic rings. The molecule has 8 heteroatoms. The van der Waals surface area contributed by atoms with Crippen LogP contribution >= 0.6 is 0 Å². The second-order valence-corrected chi connectivity index (χ2v) is 6.50. The van der Waals surface area contributed by atoms with E-state index in [1.165, 1.54) is 30.7 Å². The summed E-state index contributed by atoms with van der Waals surface area (Å²) in [5, 5.41) is 0. The molecule has 2 fully saturated rings. The van der Waals surface area contributed by atoms with Gasteiger partial charge in [-0.3, -0.25) is 14.6 Å². The second-order valence-electron chi connectivity index (χ2n) is 6.50. The number of carbonyl (C=O) groups excluding carboxylic acids is 2. The highest BCUT2D eigenvalue weighted by molar-refractivity contribution is 5.95. The Labute approximate surface area is 149 Å². The van der Waals surface area contributed by atoms with Gasteiger partial charge < -0.3 is 14.5 Å². The van der Waals surface area contributed by atoms with Gasteiger partial charge in [-0.1, -0.05) is 0 Å². The maximum absolute atomic E-state index is 13.2. The van der Waals surface area contributed by atoms with Crippen molar-refractivity contribution in [3.63, 3.8) is 0 Å². The molecule has 2 aliphatic rings. The first-order chi connectivity index (χ1) is 12.6. The summed E-state index contributed by atoms with van der Waals surface area (Å²) in [6, 6.07) is 5.79. The minimum Gasteiger partial charge on any atom is -0.361 e. The van der Waals surface area contributed by atoms with Crippen LogP contribution in [0.5, 0.6) is 0 Å². The minimum absolute atomic E-state index is 0.0649. The van der Waals surface area contributed by atoms with Gasteiger partial charge in [-0.15, -0.1) is 0 Å². The van der Waals surface area contributed by atoms with E-state index in [2.05, 4.69) is 9.97 Å². The quantitative estimate of drug-likeness (QED) is 0.810. The topological polar surface area (TPSA) is 75.6 Å². The van der Waals surface area contributed by atoms with Crippen LogP contribution in [0.25, 0.3) is 0 Å². The van der Waals surface area contributed by atoms with Crippen LogP contribution in [-0.2, 0) is 9.53 Å². The molecular formula is C18H17FN4O3. The fourth-order valence-corrected chi connectivity index (χ4v) is 3.41. The van der Waals surface area contributed by atoms with E-state index in [0.717, 1.165) is 0 Å². The predicted molar refractivity (Wildman–Crippen MR) is 90.0 cm³/mol. The van der Waals surface area contributed by atoms with Gasteiger partial charge in [0.25, 0.3) is 11.8 Å². The molecule has 0 saturated carbocycles. The monoisotopic (exact) mass is 356 g/mol. The lowest BCUT2D eigenvalue weighted by Gasteiger charge is -2.40. The van der Waals surface area contributed by atoms with Gasteiger partial charge in [0.15, 0.2) is 0 Å². The Morgan fingerprint density at radius 3 is 2.73 bits per heavy atom. The molecule has 0 radical (unpaired) electrons. The molecule has 26 heavy (non-hydrogen) atoms. The van der Waals surface area contributed by atoms with Crippen LogP contribution in [0.4, 0.5) is 10.1 Å². The maximum Gasteiger partial charge on any atom is 0.274 e. The number of amides is 2. The van der Waals surface area contributed by atoms with Gasteiger partial charge in [-0.25, -0.2) is 9.37 Å². The molecule has 134 valence electrons. The highest BCUT2D eigenvalue weighted by atomic mass is 19.1. The van der Waals surface area contributed by atoms with Crippen LogP contribution in [0.1, 0.15) is 16.9 Å². The lowest BCUT2D eigenvalue weighted by molar-refractivity contribution is -0.137. The number of hydrogen-bond acceptors (Lipinski definition) is 5. The SMILES string of the molecule is O=C(c1cnccn1)N1CCC2(C1)CN(c1ccc(F)cc1)C(=O)CO2. The first kappa shape index (κ1) is 16.6. The number of nitrogens with zero attached hydrogens (tertiary/aromatic N) is 4. The van der Waals surface area contributed by atoms with Gasteiger partial charge in [0.1, 0.15) is 23.7 Å². The number of likely N-dealkylation sites (tertiary alicyclic amines) is 1. The molecule has 4 rings (SSSR count). The van der Waals surface area contributed by atoms with Gasteiger partial charge in [-0.2, -0.15) is 0 Å². The third kappa shape index (κ3) is 3.03. The number of aromatic nitrogens is 2. The molecule has 1 spiro atoms. The summed E-state index contributed by atoms with van der Waals surface area (Å²) in [5.41, 5.74) is 0.282. The van der Waals surface area contributed by atoms with Crippen molar-refractivity contribution in [2.45, 2.75) is 12.0 Å². The van der Waals surface area contributed by atoms with E-state index < -0.39 is 5.60 Å². The van der Waals surface area contributed by atoms with E-state index in [-0.39, 0.29) is 29.9 Å². The summed E-state index contributed by atoms with van der Waals surface area (Å²) in [4.78, 5) is 36.1. The molecule has 0 N–H and O–H groups in total. The number of anilines is 1. The normalized spacial score (nSPS) is 22.9. The van der Waals surface area contributed by atoms with Gasteiger partial charge in [0.2, 0.25) is 0 Å². The number of hydrogen-bond donors (Lipinski definition) is 0. The Morgan fingerprint density at radius 1 is 1.19 bits per heavy atom. The Kier molecular flexibility index (Phi) is 4.12. The van der Waals surface area contributed by atoms with Crippen molar-refractivity contribution in [1.29, 1.82) is 0 Å². The average molecular weight is 356 g/mol. The first-order valence-electron chi connectivity index (χ1n) is 8.32. The smallest absolute Gasteiger partial charge is 0.274 e. The van der Waals surface area contributed by atoms with Crippen LogP contribution in [0, 0.1) is 5.82 Å². The molecule has 0 aliphatic carbocycles. The van der Waals surface area contributed by atoms with Gasteiger partial charge >= 0.3 is 0 Å². The molecule has 3 heterocycles. The van der Waals surface area contributed by atoms with Gasteiger partial charge in [0, 0.05) is 24.6 Å². The fourth-order valence-electron chi connectivity index (χ4n) is 3.41. The zero-order chi connectivity index (χ0) is 18.1. The van der Waals surface area contributed by atoms with E-state index in [1.54, 1.807) is 21.9 Å². The number of halogens is 1. The second kappa shape index (κ2) is 6.45. The molecule has 1 unspecified atom stereocenters. The molecule has 1 aromatic carbocycles. The van der Waals surface area contributed by atoms with Crippen molar-refractivity contribution < 1.29 is 18.7 Å². The lowest BCUT2D eigenvalue weighted by atomic mass is 10.00. The van der Waals surface area contributed by atoms with Gasteiger partial charge in [-0.05, 0) is 30.7 Å². The molecule has 2 saturated heterocycles. The molecule has 2 amide bonds. The van der Waals surface area contributed by atoms with Crippen molar-refractivity contribution >= 4 is 17.5 Å². The van der Waals surface area contributed by atoms with Crippen LogP contribution in [0.15, 0.2) is 42.9 Å². The summed E-state index contributed by atoms with van der Waals surface area (Å²) in [6.07, 6.45) is 5.04. The van der Waals surface area contributed by atoms with Crippen LogP contribution in [0.3, 0.4) is 0 Å². The maximum atomic E-state index is 13.2. The summed E-state index contributed by atoms with van der Waals surface area (Å²) in [7, 11) is 0. The van der Waals surface area contributed by atoms with Gasteiger partial charge in [0.05, 0.1) is 19.3 Å². The summed E-state index contributed by atoms with van der Waals surface area (Å²) < 4.78 is 19.0. The zero-order valence-electron chi connectivity index (χ0n) is 14.0. The lowest BCUT2D eigenvalue weighted by Crippen LogP contribution is -2.56. The Hall–Kier alpha value is -2.87. The summed E-state index contributed by atoms with van der Waals surface area (Å²) >= 11 is 0. The summed E-state index contributed by atoms with van der Waals surface area (Å²) in [6.45, 7) is 1.14. The minimum atomic E-state index is -0.625. The highest BCUT2D eigenvalue weighted by Crippen LogP contribution is 2.32. The molecule has 7 nitrogen and oxygen atoms in total. The van der Waals surface area contributed by atoms with Crippen molar-refractivity contribution in [2.75, 3.05) is 31.1 Å². The number of carbonyl (C=O) groups is 2. The van der Waals surface area contributed by atoms with Crippen molar-refractivity contribution in [2.24, 2.45) is 0 Å². The highest BCUT2D eigenvalue weighted by Gasteiger charge is 2.46. The number of morpholine rings is 1. The fraction of sp³-hybridized carbons (Fsp3) is 0.333. The number of benzene rings is 1. The van der Waals surface area contributed by atoms with Crippen molar-refractivity contribution in [1.82, 2.24) is 14.9 Å². The Morgan fingerprint density at radius 2 is 2.00 bits per heavy atom. The number of ether oxygens (including phenoxy) is 1. The third-order valence-electron chi connectivity index (χ3n) is 4.77. The van der Waals surface area contributed by atoms with Crippen molar-refractivity contribution in [3.8, 4) is 0 Å². The van der Waals surface area contributed by atoms with E-state index in [1.807, 2.05) is 0 Å². The van der Waals surface area contributed by atoms with E-state index >= 15 is 0 Å². The van der Waals surface area contributed by atoms with E-state index in [4.69, 9.17) is 4.74 Å². The standard InChI is InChI=1S/C18H17FN4O3/c19-13-1-3-14(4-2-13)23-12-18(26-10-16(23)24)5-8-22(11-18)17(25)15-9-20-6-7-21-15/h1-4,6-7,9H,5,8,10-12H2. The predicted octanol–water partition coefficient (Wildman–Crippen LogP) is 1.26. The van der Waals surface area contributed by atoms with E-state index in [0.29, 0.717) is 31.7 Å². The van der Waals surface area contributed by atoms with Crippen LogP contribution in [-0.4, -0.2) is 58.5 Å². The molecule has 2 aliphatic heterocycles. The van der Waals surface area contributed by atoms with Crippen LogP contribution < -0.4 is 4.90 Å². The Balaban J connectivity index is 1.51. The first-order valence-corrected chi connectivity index (χ1v) is 8.32. The van der Waals surface area contributed by atoms with Crippen LogP contribution in [0.2, 0.25) is 0 Å². The Bertz CT molecular complexity index is 830. The number of rotatable bonds is 2. The molecular weight excluding hydrogens is 339 g/mol. The molecule has 1 atom stereocenters. The molecule has 1 aromatic heterocycles. The zero-order valence-corrected chi connectivity index (χ0v) is 14.0. The molecule has 0 bridgehead atoms. The van der Waals surface area contributed by atoms with Crippen molar-refractivity contribution in [3.05, 3.63) is 54.4 Å². The average Bonchev–Trinajstić information content (AvgIpc) is 3.08. The summed E-state index contributed by atoms with van der Waals surface area (Å²) in [5.74, 6) is -0.740. The third-order valence-corrected chi connectivity index (χ3v) is 4.77.